The summed E-state index contributed by atoms with van der Waals surface area (Å²) in [5.74, 6) is 2.67. The van der Waals surface area contributed by atoms with Crippen LogP contribution in [0.2, 0.25) is 0 Å². The van der Waals surface area contributed by atoms with E-state index in [9.17, 15) is 0 Å². The first-order valence-electron chi connectivity index (χ1n) is 6.69. The van der Waals surface area contributed by atoms with Crippen LogP contribution < -0.4 is 5.73 Å². The molecule has 0 aliphatic rings. The summed E-state index contributed by atoms with van der Waals surface area (Å²) in [6, 6.07) is 0. The number of nitrogens with two attached hydrogens (primary N) is 1. The van der Waals surface area contributed by atoms with Gasteiger partial charge in [0.05, 0.1) is 0 Å². The predicted octanol–water partition coefficient (Wildman–Crippen LogP) is 4.21. The van der Waals surface area contributed by atoms with E-state index in [0.717, 1.165) is 6.54 Å². The van der Waals surface area contributed by atoms with Gasteiger partial charge in [0, 0.05) is 0 Å². The van der Waals surface area contributed by atoms with Crippen molar-refractivity contribution in [1.82, 2.24) is 0 Å². The van der Waals surface area contributed by atoms with Gasteiger partial charge in [-0.15, -0.1) is 0 Å². The highest BCUT2D eigenvalue weighted by molar-refractivity contribution is 7.99. The molecule has 0 saturated heterocycles. The summed E-state index contributed by atoms with van der Waals surface area (Å²) in [6.45, 7) is 3.13. The molecular weight excluding hydrogens is 202 g/mol. The third kappa shape index (κ3) is 14.3. The highest BCUT2D eigenvalue weighted by atomic mass is 32.2. The van der Waals surface area contributed by atoms with E-state index in [4.69, 9.17) is 5.73 Å². The molecule has 0 radical (unpaired) electrons. The van der Waals surface area contributed by atoms with Gasteiger partial charge in [0.25, 0.3) is 0 Å². The Balaban J connectivity index is 2.81. The van der Waals surface area contributed by atoms with Crippen molar-refractivity contribution in [3.05, 3.63) is 0 Å². The van der Waals surface area contributed by atoms with E-state index in [1.54, 1.807) is 0 Å². The highest BCUT2D eigenvalue weighted by Crippen LogP contribution is 2.11. The second kappa shape index (κ2) is 14.3. The molecule has 15 heavy (non-hydrogen) atoms. The monoisotopic (exact) mass is 231 g/mol. The normalized spacial score (nSPS) is 10.8. The molecule has 0 aromatic rings. The van der Waals surface area contributed by atoms with Gasteiger partial charge in [0.1, 0.15) is 0 Å². The zero-order valence-electron chi connectivity index (χ0n) is 10.5. The molecule has 0 atom stereocenters. The maximum Gasteiger partial charge on any atom is -0.00671 e. The van der Waals surface area contributed by atoms with Gasteiger partial charge < -0.3 is 5.73 Å². The lowest BCUT2D eigenvalue weighted by molar-refractivity contribution is 0.603. The summed E-state index contributed by atoms with van der Waals surface area (Å²) in [5, 5.41) is 0. The second-order valence-electron chi connectivity index (χ2n) is 4.23. The van der Waals surface area contributed by atoms with Gasteiger partial charge in [-0.25, -0.2) is 0 Å². The largest absolute Gasteiger partial charge is 0.330 e. The van der Waals surface area contributed by atoms with E-state index in [1.807, 2.05) is 0 Å². The standard InChI is InChI=1S/C13H29NS/c1-2-3-4-5-6-7-9-12-15-13-10-8-11-14/h2-14H2,1H3. The maximum absolute atomic E-state index is 5.44. The predicted molar refractivity (Wildman–Crippen MR) is 73.6 cm³/mol. The van der Waals surface area contributed by atoms with Crippen LogP contribution in [0.5, 0.6) is 0 Å². The molecule has 0 fully saturated rings. The van der Waals surface area contributed by atoms with E-state index in [1.165, 1.54) is 69.3 Å². The maximum atomic E-state index is 5.44. The summed E-state index contributed by atoms with van der Waals surface area (Å²) in [6.07, 6.45) is 12.5. The SMILES string of the molecule is CCCCCCCCCSCCCCN. The van der Waals surface area contributed by atoms with Gasteiger partial charge >= 0.3 is 0 Å². The van der Waals surface area contributed by atoms with E-state index in [0.29, 0.717) is 0 Å². The number of hydrogen-bond acceptors (Lipinski definition) is 2. The number of hydrogen-bond donors (Lipinski definition) is 1. The van der Waals surface area contributed by atoms with Gasteiger partial charge in [-0.2, -0.15) is 11.8 Å². The molecule has 0 saturated carbocycles. The van der Waals surface area contributed by atoms with Gasteiger partial charge in [-0.05, 0) is 37.3 Å². The summed E-state index contributed by atoms with van der Waals surface area (Å²) < 4.78 is 0. The van der Waals surface area contributed by atoms with Gasteiger partial charge in [-0.1, -0.05) is 45.4 Å². The zero-order valence-corrected chi connectivity index (χ0v) is 11.3. The van der Waals surface area contributed by atoms with E-state index in [-0.39, 0.29) is 0 Å². The van der Waals surface area contributed by atoms with Crippen LogP contribution in [-0.4, -0.2) is 18.1 Å². The van der Waals surface area contributed by atoms with Crippen LogP contribution in [0.3, 0.4) is 0 Å². The Hall–Kier alpha value is 0.310. The lowest BCUT2D eigenvalue weighted by Gasteiger charge is -2.02. The minimum Gasteiger partial charge on any atom is -0.330 e. The van der Waals surface area contributed by atoms with Crippen LogP contribution in [0.15, 0.2) is 0 Å². The van der Waals surface area contributed by atoms with Crippen molar-refractivity contribution in [3.8, 4) is 0 Å². The Morgan fingerprint density at radius 3 is 1.87 bits per heavy atom. The lowest BCUT2D eigenvalue weighted by atomic mass is 10.1. The average Bonchev–Trinajstić information content (AvgIpc) is 2.26. The van der Waals surface area contributed by atoms with Crippen LogP contribution in [-0.2, 0) is 0 Å². The fourth-order valence-electron chi connectivity index (χ4n) is 1.61. The molecule has 0 heterocycles. The van der Waals surface area contributed by atoms with Gasteiger partial charge in [-0.3, -0.25) is 0 Å². The molecule has 0 bridgehead atoms. The fourth-order valence-corrected chi connectivity index (χ4v) is 2.63. The topological polar surface area (TPSA) is 26.0 Å². The molecule has 92 valence electrons. The quantitative estimate of drug-likeness (QED) is 0.509. The van der Waals surface area contributed by atoms with E-state index >= 15 is 0 Å². The molecule has 2 N–H and O–H groups in total. The average molecular weight is 231 g/mol. The molecule has 0 rings (SSSR count). The van der Waals surface area contributed by atoms with E-state index < -0.39 is 0 Å². The Kier molecular flexibility index (Phi) is 14.6. The molecule has 0 unspecified atom stereocenters. The molecule has 2 heteroatoms. The van der Waals surface area contributed by atoms with Crippen molar-refractivity contribution in [2.24, 2.45) is 5.73 Å². The second-order valence-corrected chi connectivity index (χ2v) is 5.45. The zero-order chi connectivity index (χ0) is 11.2. The first-order valence-corrected chi connectivity index (χ1v) is 7.85. The van der Waals surface area contributed by atoms with Crippen LogP contribution >= 0.6 is 11.8 Å². The van der Waals surface area contributed by atoms with Crippen LogP contribution in [0.1, 0.15) is 64.7 Å². The third-order valence-corrected chi connectivity index (χ3v) is 3.79. The number of unbranched alkanes of at least 4 members (excludes halogenated alkanes) is 7. The van der Waals surface area contributed by atoms with Crippen LogP contribution in [0, 0.1) is 0 Å². The van der Waals surface area contributed by atoms with Crippen molar-refractivity contribution < 1.29 is 0 Å². The van der Waals surface area contributed by atoms with Crippen molar-refractivity contribution in [3.63, 3.8) is 0 Å². The first kappa shape index (κ1) is 15.3. The summed E-state index contributed by atoms with van der Waals surface area (Å²) in [5.41, 5.74) is 5.44. The van der Waals surface area contributed by atoms with Crippen LogP contribution in [0.25, 0.3) is 0 Å². The summed E-state index contributed by atoms with van der Waals surface area (Å²) >= 11 is 2.11. The van der Waals surface area contributed by atoms with E-state index in [2.05, 4.69) is 18.7 Å². The van der Waals surface area contributed by atoms with Gasteiger partial charge in [0.15, 0.2) is 0 Å². The third-order valence-electron chi connectivity index (χ3n) is 2.64. The Morgan fingerprint density at radius 1 is 0.733 bits per heavy atom. The molecule has 0 amide bonds. The molecular formula is C13H29NS. The lowest BCUT2D eigenvalue weighted by Crippen LogP contribution is -1.98. The van der Waals surface area contributed by atoms with Crippen LogP contribution in [0.4, 0.5) is 0 Å². The molecule has 0 aromatic heterocycles. The number of thioether (sulfide) groups is 1. The number of rotatable bonds is 12. The molecule has 0 spiro atoms. The molecule has 1 nitrogen and oxygen atoms in total. The minimum absolute atomic E-state index is 0.859. The highest BCUT2D eigenvalue weighted by Gasteiger charge is 1.92. The minimum atomic E-state index is 0.859. The Labute approximate surface area is 101 Å². The van der Waals surface area contributed by atoms with Crippen molar-refractivity contribution >= 4 is 11.8 Å². The van der Waals surface area contributed by atoms with Crippen molar-refractivity contribution in [2.45, 2.75) is 64.7 Å². The smallest absolute Gasteiger partial charge is 0.00671 e. The first-order chi connectivity index (χ1) is 7.41. The molecule has 0 aliphatic heterocycles. The Morgan fingerprint density at radius 2 is 1.27 bits per heavy atom. The fraction of sp³-hybridized carbons (Fsp3) is 1.00. The van der Waals surface area contributed by atoms with Crippen molar-refractivity contribution in [1.29, 1.82) is 0 Å². The summed E-state index contributed by atoms with van der Waals surface area (Å²) in [7, 11) is 0. The summed E-state index contributed by atoms with van der Waals surface area (Å²) in [4.78, 5) is 0. The molecule has 0 aliphatic carbocycles. The van der Waals surface area contributed by atoms with Gasteiger partial charge in [0.2, 0.25) is 0 Å². The Bertz CT molecular complexity index is 94.7. The van der Waals surface area contributed by atoms with Crippen molar-refractivity contribution in [2.75, 3.05) is 18.1 Å². The molecule has 0 aromatic carbocycles.